The summed E-state index contributed by atoms with van der Waals surface area (Å²) in [6.07, 6.45) is -0.999. The molecule has 208 valence electrons. The van der Waals surface area contributed by atoms with Gasteiger partial charge in [0, 0.05) is 24.3 Å². The van der Waals surface area contributed by atoms with Crippen LogP contribution in [0, 0.1) is 0 Å². The van der Waals surface area contributed by atoms with Crippen LogP contribution in [0.2, 0.25) is 0 Å². The normalized spacial score (nSPS) is 14.8. The second-order valence-electron chi connectivity index (χ2n) is 9.00. The lowest BCUT2D eigenvalue weighted by atomic mass is 10.1. The van der Waals surface area contributed by atoms with Crippen molar-refractivity contribution in [2.45, 2.75) is 19.1 Å². The van der Waals surface area contributed by atoms with Gasteiger partial charge in [0.2, 0.25) is 5.91 Å². The first-order valence-corrected chi connectivity index (χ1v) is 12.6. The Morgan fingerprint density at radius 1 is 0.925 bits per heavy atom. The molecule has 1 aliphatic heterocycles. The minimum Gasteiger partial charge on any atom is -0.493 e. The summed E-state index contributed by atoms with van der Waals surface area (Å²) in [6.45, 7) is 0.813. The van der Waals surface area contributed by atoms with Crippen LogP contribution in [0.1, 0.15) is 32.7 Å². The highest BCUT2D eigenvalue weighted by Crippen LogP contribution is 2.27. The summed E-state index contributed by atoms with van der Waals surface area (Å²) in [4.78, 5) is 52.0. The molecule has 1 saturated heterocycles. The molecule has 0 radical (unpaired) electrons. The number of nitrogens with zero attached hydrogens (tertiary/aromatic N) is 1. The number of amides is 2. The molecule has 1 unspecified atom stereocenters. The summed E-state index contributed by atoms with van der Waals surface area (Å²) in [7, 11) is 2.95. The number of benzene rings is 3. The molecule has 1 atom stereocenters. The summed E-state index contributed by atoms with van der Waals surface area (Å²) < 4.78 is 21.1. The van der Waals surface area contributed by atoms with Gasteiger partial charge in [-0.2, -0.15) is 0 Å². The number of carbonyl (C=O) groups is 4. The summed E-state index contributed by atoms with van der Waals surface area (Å²) >= 11 is 0. The number of carbonyl (C=O) groups excluding carboxylic acids is 4. The maximum atomic E-state index is 12.8. The van der Waals surface area contributed by atoms with Crippen molar-refractivity contribution in [1.82, 2.24) is 4.90 Å². The Balaban J connectivity index is 1.26. The summed E-state index contributed by atoms with van der Waals surface area (Å²) in [6, 6.07) is 20.3. The lowest BCUT2D eigenvalue weighted by molar-refractivity contribution is -0.155. The quantitative estimate of drug-likeness (QED) is 0.287. The number of esters is 1. The van der Waals surface area contributed by atoms with E-state index in [-0.39, 0.29) is 17.9 Å². The second-order valence-corrected chi connectivity index (χ2v) is 9.00. The highest BCUT2D eigenvalue weighted by atomic mass is 16.5. The Labute approximate surface area is 231 Å². The molecule has 0 aliphatic carbocycles. The van der Waals surface area contributed by atoms with E-state index in [4.69, 9.17) is 18.9 Å². The van der Waals surface area contributed by atoms with Gasteiger partial charge in [-0.05, 0) is 48.0 Å². The van der Waals surface area contributed by atoms with Crippen molar-refractivity contribution in [3.05, 3.63) is 89.5 Å². The highest BCUT2D eigenvalue weighted by Gasteiger charge is 2.31. The molecule has 3 aromatic rings. The van der Waals surface area contributed by atoms with Crippen LogP contribution in [0.5, 0.6) is 11.5 Å². The van der Waals surface area contributed by atoms with Crippen LogP contribution >= 0.6 is 0 Å². The van der Waals surface area contributed by atoms with Crippen LogP contribution in [0.15, 0.2) is 72.8 Å². The van der Waals surface area contributed by atoms with E-state index in [0.717, 1.165) is 5.56 Å². The number of methoxy groups -OCH3 is 2. The highest BCUT2D eigenvalue weighted by molar-refractivity contribution is 6.00. The zero-order chi connectivity index (χ0) is 28.5. The van der Waals surface area contributed by atoms with Gasteiger partial charge in [0.15, 0.2) is 23.9 Å². The van der Waals surface area contributed by atoms with Crippen LogP contribution in [0.3, 0.4) is 0 Å². The van der Waals surface area contributed by atoms with Gasteiger partial charge in [0.25, 0.3) is 5.91 Å². The van der Waals surface area contributed by atoms with E-state index >= 15 is 0 Å². The fraction of sp³-hybridized carbons (Fsp3) is 0.267. The predicted molar refractivity (Wildman–Crippen MR) is 145 cm³/mol. The molecule has 1 fully saturated rings. The number of hydrogen-bond donors (Lipinski definition) is 1. The van der Waals surface area contributed by atoms with Crippen molar-refractivity contribution >= 4 is 29.3 Å². The Kier molecular flexibility index (Phi) is 9.48. The summed E-state index contributed by atoms with van der Waals surface area (Å²) in [5.74, 6) is -0.847. The van der Waals surface area contributed by atoms with Crippen LogP contribution in [-0.4, -0.2) is 68.5 Å². The lowest BCUT2D eigenvalue weighted by Gasteiger charge is -2.32. The van der Waals surface area contributed by atoms with Gasteiger partial charge in [0.1, 0.15) is 6.10 Å². The smallest absolute Gasteiger partial charge is 0.338 e. The number of Topliss-reactive ketones (excluding diaryl/α,β-unsaturated/α-hetero) is 1. The molecule has 0 aromatic heterocycles. The van der Waals surface area contributed by atoms with Crippen LogP contribution in [0.4, 0.5) is 5.69 Å². The number of morpholine rings is 1. The molecule has 2 amide bonds. The number of rotatable bonds is 11. The number of anilines is 1. The van der Waals surface area contributed by atoms with Gasteiger partial charge in [0.05, 0.1) is 32.8 Å². The molecule has 1 aliphatic rings. The van der Waals surface area contributed by atoms with Gasteiger partial charge in [-0.1, -0.05) is 30.3 Å². The molecule has 40 heavy (non-hydrogen) atoms. The van der Waals surface area contributed by atoms with E-state index in [1.165, 1.54) is 44.6 Å². The molecule has 1 heterocycles. The molecule has 4 rings (SSSR count). The molecular formula is C30H30N2O8. The molecule has 0 spiro atoms. The minimum atomic E-state index is -0.866. The zero-order valence-corrected chi connectivity index (χ0v) is 22.3. The fourth-order valence-electron chi connectivity index (χ4n) is 4.17. The van der Waals surface area contributed by atoms with Crippen LogP contribution in [0.25, 0.3) is 0 Å². The van der Waals surface area contributed by atoms with E-state index in [2.05, 4.69) is 5.32 Å². The van der Waals surface area contributed by atoms with Crippen molar-refractivity contribution in [3.63, 3.8) is 0 Å². The second kappa shape index (κ2) is 13.4. The maximum absolute atomic E-state index is 12.8. The molecule has 3 aromatic carbocycles. The number of hydrogen-bond acceptors (Lipinski definition) is 8. The van der Waals surface area contributed by atoms with E-state index < -0.39 is 30.4 Å². The van der Waals surface area contributed by atoms with E-state index in [1.54, 1.807) is 17.0 Å². The third kappa shape index (κ3) is 7.23. The molecule has 0 bridgehead atoms. The molecule has 10 nitrogen and oxygen atoms in total. The largest absolute Gasteiger partial charge is 0.493 e. The van der Waals surface area contributed by atoms with Gasteiger partial charge >= 0.3 is 5.97 Å². The van der Waals surface area contributed by atoms with Crippen molar-refractivity contribution in [3.8, 4) is 11.5 Å². The summed E-state index contributed by atoms with van der Waals surface area (Å²) in [5.41, 5.74) is 1.96. The lowest BCUT2D eigenvalue weighted by Crippen LogP contribution is -2.48. The molecule has 0 saturated carbocycles. The fourth-order valence-corrected chi connectivity index (χ4v) is 4.17. The monoisotopic (exact) mass is 546 g/mol. The first kappa shape index (κ1) is 28.3. The average Bonchev–Trinajstić information content (AvgIpc) is 2.98. The number of nitrogens with one attached hydrogen (secondary N) is 1. The van der Waals surface area contributed by atoms with E-state index in [9.17, 15) is 19.2 Å². The van der Waals surface area contributed by atoms with Crippen molar-refractivity contribution in [2.24, 2.45) is 0 Å². The predicted octanol–water partition coefficient (Wildman–Crippen LogP) is 3.50. The van der Waals surface area contributed by atoms with Crippen molar-refractivity contribution in [1.29, 1.82) is 0 Å². The SMILES string of the molecule is COc1ccc(C(=O)COC(=O)c2ccc(NC(=O)CC3OCCN(Cc4ccccc4)C3=O)cc2)cc1OC. The minimum absolute atomic E-state index is 0.133. The van der Waals surface area contributed by atoms with E-state index in [1.807, 2.05) is 30.3 Å². The molecule has 10 heteroatoms. The van der Waals surface area contributed by atoms with Crippen molar-refractivity contribution in [2.75, 3.05) is 39.3 Å². The average molecular weight is 547 g/mol. The number of ether oxygens (including phenoxy) is 4. The van der Waals surface area contributed by atoms with Gasteiger partial charge in [-0.25, -0.2) is 4.79 Å². The Hall–Kier alpha value is -4.70. The zero-order valence-electron chi connectivity index (χ0n) is 22.3. The first-order valence-electron chi connectivity index (χ1n) is 12.6. The standard InChI is InChI=1S/C30H30N2O8/c1-37-25-13-10-22(16-26(25)38-2)24(33)19-40-30(36)21-8-11-23(12-9-21)31-28(34)17-27-29(35)32(14-15-39-27)18-20-6-4-3-5-7-20/h3-13,16,27H,14-15,17-19H2,1-2H3,(H,31,34). The van der Waals surface area contributed by atoms with Gasteiger partial charge in [-0.15, -0.1) is 0 Å². The first-order chi connectivity index (χ1) is 19.4. The Morgan fingerprint density at radius 2 is 1.62 bits per heavy atom. The topological polar surface area (TPSA) is 120 Å². The van der Waals surface area contributed by atoms with E-state index in [0.29, 0.717) is 42.4 Å². The number of ketones is 1. The Bertz CT molecular complexity index is 1360. The van der Waals surface area contributed by atoms with Gasteiger partial charge in [-0.3, -0.25) is 14.4 Å². The third-order valence-electron chi connectivity index (χ3n) is 6.30. The molecular weight excluding hydrogens is 516 g/mol. The Morgan fingerprint density at radius 3 is 2.33 bits per heavy atom. The van der Waals surface area contributed by atoms with Crippen molar-refractivity contribution < 1.29 is 38.1 Å². The van der Waals surface area contributed by atoms with Crippen LogP contribution in [-0.2, 0) is 25.6 Å². The maximum Gasteiger partial charge on any atom is 0.338 e. The van der Waals surface area contributed by atoms with Crippen LogP contribution < -0.4 is 14.8 Å². The third-order valence-corrected chi connectivity index (χ3v) is 6.30. The summed E-state index contributed by atoms with van der Waals surface area (Å²) in [5, 5.41) is 2.71. The molecule has 1 N–H and O–H groups in total. The van der Waals surface area contributed by atoms with Gasteiger partial charge < -0.3 is 29.2 Å².